The van der Waals surface area contributed by atoms with Crippen molar-refractivity contribution < 1.29 is 18.0 Å². The number of nitrogens with one attached hydrogen (secondary N) is 1. The summed E-state index contributed by atoms with van der Waals surface area (Å²) in [6.45, 7) is 3.83. The smallest absolute Gasteiger partial charge is 0.349 e. The van der Waals surface area contributed by atoms with Gasteiger partial charge in [-0.15, -0.1) is 0 Å². The Hall–Kier alpha value is -2.38. The molecule has 2 aromatic rings. The second-order valence-electron chi connectivity index (χ2n) is 6.80. The van der Waals surface area contributed by atoms with Gasteiger partial charge in [0.05, 0.1) is 23.0 Å². The van der Waals surface area contributed by atoms with Gasteiger partial charge in [-0.25, -0.2) is 9.67 Å². The van der Waals surface area contributed by atoms with E-state index in [4.69, 9.17) is 0 Å². The van der Waals surface area contributed by atoms with Crippen molar-refractivity contribution in [2.75, 3.05) is 0 Å². The number of pyridine rings is 1. The van der Waals surface area contributed by atoms with Crippen LogP contribution >= 0.6 is 0 Å². The summed E-state index contributed by atoms with van der Waals surface area (Å²) in [5.41, 5.74) is 0.123. The standard InChI is InChI=1S/C18H21F3N4O/c1-11-5-3-4-6-15(11)24-17(26)14-10-23-25(12(14)2)16-8-7-13(9-22-16)18(19,20)21/h7-11,15H,3-6H2,1-2H3,(H,24,26). The first-order valence-electron chi connectivity index (χ1n) is 8.66. The van der Waals surface area contributed by atoms with Crippen LogP contribution in [0.25, 0.3) is 5.82 Å². The molecule has 0 radical (unpaired) electrons. The zero-order valence-corrected chi connectivity index (χ0v) is 14.7. The highest BCUT2D eigenvalue weighted by Crippen LogP contribution is 2.29. The molecule has 1 N–H and O–H groups in total. The monoisotopic (exact) mass is 366 g/mol. The van der Waals surface area contributed by atoms with Crippen LogP contribution in [-0.4, -0.2) is 26.7 Å². The third-order valence-electron chi connectivity index (χ3n) is 4.97. The van der Waals surface area contributed by atoms with Crippen LogP contribution in [0.3, 0.4) is 0 Å². The van der Waals surface area contributed by atoms with Gasteiger partial charge >= 0.3 is 6.18 Å². The minimum absolute atomic E-state index is 0.142. The molecular formula is C18H21F3N4O. The summed E-state index contributed by atoms with van der Waals surface area (Å²) < 4.78 is 39.3. The molecule has 0 spiro atoms. The van der Waals surface area contributed by atoms with E-state index >= 15 is 0 Å². The van der Waals surface area contributed by atoms with Crippen molar-refractivity contribution in [3.63, 3.8) is 0 Å². The lowest BCUT2D eigenvalue weighted by molar-refractivity contribution is -0.137. The van der Waals surface area contributed by atoms with Gasteiger partial charge in [-0.2, -0.15) is 18.3 Å². The maximum Gasteiger partial charge on any atom is 0.417 e. The van der Waals surface area contributed by atoms with Gasteiger partial charge in [0.15, 0.2) is 5.82 Å². The fourth-order valence-corrected chi connectivity index (χ4v) is 3.32. The molecule has 0 aliphatic heterocycles. The van der Waals surface area contributed by atoms with Crippen molar-refractivity contribution in [1.82, 2.24) is 20.1 Å². The Morgan fingerprint density at radius 1 is 1.23 bits per heavy atom. The molecule has 1 saturated carbocycles. The van der Waals surface area contributed by atoms with Gasteiger partial charge in [-0.3, -0.25) is 4.79 Å². The maximum absolute atomic E-state index is 12.7. The van der Waals surface area contributed by atoms with E-state index in [1.807, 2.05) is 0 Å². The fraction of sp³-hybridized carbons (Fsp3) is 0.500. The van der Waals surface area contributed by atoms with Crippen LogP contribution in [0.15, 0.2) is 24.5 Å². The van der Waals surface area contributed by atoms with Gasteiger partial charge in [0.25, 0.3) is 5.91 Å². The second-order valence-corrected chi connectivity index (χ2v) is 6.80. The average Bonchev–Trinajstić information content (AvgIpc) is 2.98. The van der Waals surface area contributed by atoms with Gasteiger partial charge in [0, 0.05) is 12.2 Å². The molecule has 1 amide bonds. The van der Waals surface area contributed by atoms with Gasteiger partial charge in [0.2, 0.25) is 0 Å². The maximum atomic E-state index is 12.7. The summed E-state index contributed by atoms with van der Waals surface area (Å²) >= 11 is 0. The Bertz CT molecular complexity index is 783. The highest BCUT2D eigenvalue weighted by atomic mass is 19.4. The number of aromatic nitrogens is 3. The minimum atomic E-state index is -4.44. The number of nitrogens with zero attached hydrogens (tertiary/aromatic N) is 3. The second kappa shape index (κ2) is 7.09. The Kier molecular flexibility index (Phi) is 5.02. The quantitative estimate of drug-likeness (QED) is 0.896. The van der Waals surface area contributed by atoms with E-state index in [2.05, 4.69) is 22.3 Å². The third kappa shape index (κ3) is 3.73. The Labute approximate surface area is 149 Å². The Morgan fingerprint density at radius 2 is 1.96 bits per heavy atom. The fourth-order valence-electron chi connectivity index (χ4n) is 3.32. The van der Waals surface area contributed by atoms with E-state index in [0.717, 1.165) is 31.5 Å². The number of amides is 1. The number of halogens is 3. The lowest BCUT2D eigenvalue weighted by atomic mass is 9.86. The average molecular weight is 366 g/mol. The SMILES string of the molecule is Cc1c(C(=O)NC2CCCCC2C)cnn1-c1ccc(C(F)(F)F)cn1. The largest absolute Gasteiger partial charge is 0.417 e. The van der Waals surface area contributed by atoms with E-state index in [-0.39, 0.29) is 17.8 Å². The molecule has 5 nitrogen and oxygen atoms in total. The minimum Gasteiger partial charge on any atom is -0.349 e. The lowest BCUT2D eigenvalue weighted by Gasteiger charge is -2.29. The van der Waals surface area contributed by atoms with Crippen LogP contribution in [-0.2, 0) is 6.18 Å². The first-order chi connectivity index (χ1) is 12.3. The normalized spacial score (nSPS) is 20.8. The third-order valence-corrected chi connectivity index (χ3v) is 4.97. The topological polar surface area (TPSA) is 59.8 Å². The Balaban J connectivity index is 1.78. The summed E-state index contributed by atoms with van der Waals surface area (Å²) in [6.07, 6.45) is 2.09. The van der Waals surface area contributed by atoms with Crippen molar-refractivity contribution in [2.24, 2.45) is 5.92 Å². The first kappa shape index (κ1) is 18.4. The van der Waals surface area contributed by atoms with Crippen LogP contribution < -0.4 is 5.32 Å². The summed E-state index contributed by atoms with van der Waals surface area (Å²) in [4.78, 5) is 16.4. The van der Waals surface area contributed by atoms with E-state index in [9.17, 15) is 18.0 Å². The van der Waals surface area contributed by atoms with E-state index < -0.39 is 11.7 Å². The molecule has 26 heavy (non-hydrogen) atoms. The van der Waals surface area contributed by atoms with Crippen LogP contribution in [0.4, 0.5) is 13.2 Å². The van der Waals surface area contributed by atoms with E-state index in [0.29, 0.717) is 17.2 Å². The molecule has 2 unspecified atom stereocenters. The first-order valence-corrected chi connectivity index (χ1v) is 8.66. The molecule has 2 heterocycles. The summed E-state index contributed by atoms with van der Waals surface area (Å²) in [5, 5.41) is 7.18. The summed E-state index contributed by atoms with van der Waals surface area (Å²) in [6, 6.07) is 2.34. The van der Waals surface area contributed by atoms with E-state index in [1.165, 1.54) is 23.4 Å². The van der Waals surface area contributed by atoms with Gasteiger partial charge < -0.3 is 5.32 Å². The number of alkyl halides is 3. The van der Waals surface area contributed by atoms with Crippen LogP contribution in [0, 0.1) is 12.8 Å². The molecule has 2 aromatic heterocycles. The zero-order valence-electron chi connectivity index (χ0n) is 14.7. The van der Waals surface area contributed by atoms with Crippen molar-refractivity contribution in [3.05, 3.63) is 41.3 Å². The molecule has 0 bridgehead atoms. The molecule has 140 valence electrons. The predicted molar refractivity (Wildman–Crippen MR) is 90.0 cm³/mol. The zero-order chi connectivity index (χ0) is 18.9. The summed E-state index contributed by atoms with van der Waals surface area (Å²) in [5.74, 6) is 0.458. The number of carbonyl (C=O) groups is 1. The molecule has 2 atom stereocenters. The molecule has 1 fully saturated rings. The van der Waals surface area contributed by atoms with Gasteiger partial charge in [-0.1, -0.05) is 19.8 Å². The molecule has 1 aliphatic carbocycles. The predicted octanol–water partition coefficient (Wildman–Crippen LogP) is 3.90. The highest BCUT2D eigenvalue weighted by Gasteiger charge is 2.31. The number of carbonyl (C=O) groups excluding carboxylic acids is 1. The molecule has 0 saturated heterocycles. The number of hydrogen-bond acceptors (Lipinski definition) is 3. The number of hydrogen-bond donors (Lipinski definition) is 1. The van der Waals surface area contributed by atoms with Crippen LogP contribution in [0.1, 0.15) is 54.2 Å². The van der Waals surface area contributed by atoms with Gasteiger partial charge in [-0.05, 0) is 37.8 Å². The summed E-state index contributed by atoms with van der Waals surface area (Å²) in [7, 11) is 0. The molecule has 3 rings (SSSR count). The van der Waals surface area contributed by atoms with Crippen LogP contribution in [0.2, 0.25) is 0 Å². The molecular weight excluding hydrogens is 345 g/mol. The van der Waals surface area contributed by atoms with Crippen molar-refractivity contribution in [1.29, 1.82) is 0 Å². The van der Waals surface area contributed by atoms with Crippen LogP contribution in [0.5, 0.6) is 0 Å². The Morgan fingerprint density at radius 3 is 2.58 bits per heavy atom. The van der Waals surface area contributed by atoms with Crippen molar-refractivity contribution in [2.45, 2.75) is 51.7 Å². The van der Waals surface area contributed by atoms with Crippen molar-refractivity contribution in [3.8, 4) is 5.82 Å². The molecule has 1 aliphatic rings. The molecule has 0 aromatic carbocycles. The van der Waals surface area contributed by atoms with Crippen molar-refractivity contribution >= 4 is 5.91 Å². The number of rotatable bonds is 3. The van der Waals surface area contributed by atoms with E-state index in [1.54, 1.807) is 6.92 Å². The highest BCUT2D eigenvalue weighted by molar-refractivity contribution is 5.95. The molecule has 8 heteroatoms. The van der Waals surface area contributed by atoms with Gasteiger partial charge in [0.1, 0.15) is 0 Å². The lowest BCUT2D eigenvalue weighted by Crippen LogP contribution is -2.41.